The topological polar surface area (TPSA) is 153 Å². The monoisotopic (exact) mass is 278 g/mol. The van der Waals surface area contributed by atoms with E-state index in [2.05, 4.69) is 5.10 Å². The minimum absolute atomic E-state index is 0.138. The second-order valence-electron chi connectivity index (χ2n) is 4.63. The van der Waals surface area contributed by atoms with Crippen LogP contribution in [0, 0.1) is 50.7 Å². The van der Waals surface area contributed by atoms with Crippen molar-refractivity contribution < 1.29 is 4.79 Å². The summed E-state index contributed by atoms with van der Waals surface area (Å²) in [4.78, 5) is 11.7. The van der Waals surface area contributed by atoms with Crippen LogP contribution in [0.2, 0.25) is 0 Å². The van der Waals surface area contributed by atoms with Crippen molar-refractivity contribution in [3.05, 3.63) is 35.9 Å². The molecule has 0 spiro atoms. The zero-order valence-corrected chi connectivity index (χ0v) is 10.8. The standard InChI is InChI=1S/C14H10N6O/c15-6-13(7-16)11(14(13,8-17)12(18)21)10(20-19)9-4-2-1-3-5-9/h1-5,11H,19H2,(H2,18,21)/b20-10-/t11-,14-/m1/s1. The van der Waals surface area contributed by atoms with E-state index in [1.54, 1.807) is 48.5 Å². The van der Waals surface area contributed by atoms with Crippen molar-refractivity contribution in [2.24, 2.45) is 33.4 Å². The Kier molecular flexibility index (Phi) is 3.10. The van der Waals surface area contributed by atoms with Gasteiger partial charge < -0.3 is 11.6 Å². The lowest BCUT2D eigenvalue weighted by atomic mass is 9.96. The lowest BCUT2D eigenvalue weighted by molar-refractivity contribution is -0.121. The normalized spacial score (nSPS) is 26.0. The summed E-state index contributed by atoms with van der Waals surface area (Å²) in [5.41, 5.74) is 2.12. The van der Waals surface area contributed by atoms with Crippen LogP contribution < -0.4 is 11.6 Å². The van der Waals surface area contributed by atoms with Gasteiger partial charge in [0.25, 0.3) is 0 Å². The fraction of sp³-hybridized carbons (Fsp3) is 0.214. The van der Waals surface area contributed by atoms with Gasteiger partial charge in [0.1, 0.15) is 0 Å². The van der Waals surface area contributed by atoms with E-state index in [9.17, 15) is 20.6 Å². The molecule has 0 aliphatic heterocycles. The summed E-state index contributed by atoms with van der Waals surface area (Å²) < 4.78 is 0. The summed E-state index contributed by atoms with van der Waals surface area (Å²) in [5, 5.41) is 31.5. The van der Waals surface area contributed by atoms with E-state index in [0.717, 1.165) is 0 Å². The highest BCUT2D eigenvalue weighted by atomic mass is 16.1. The maximum atomic E-state index is 11.7. The summed E-state index contributed by atoms with van der Waals surface area (Å²) in [6.07, 6.45) is 0. The number of nitriles is 3. The van der Waals surface area contributed by atoms with E-state index in [4.69, 9.17) is 11.6 Å². The first kappa shape index (κ1) is 14.0. The average molecular weight is 278 g/mol. The van der Waals surface area contributed by atoms with Gasteiger partial charge in [-0.05, 0) is 5.56 Å². The number of hydrogen-bond acceptors (Lipinski definition) is 6. The van der Waals surface area contributed by atoms with Crippen LogP contribution >= 0.6 is 0 Å². The van der Waals surface area contributed by atoms with E-state index in [1.165, 1.54) is 0 Å². The third-order valence-electron chi connectivity index (χ3n) is 3.80. The van der Waals surface area contributed by atoms with Gasteiger partial charge in [0.05, 0.1) is 29.8 Å². The number of hydrogen-bond donors (Lipinski definition) is 2. The van der Waals surface area contributed by atoms with Gasteiger partial charge in [0.15, 0.2) is 10.8 Å². The van der Waals surface area contributed by atoms with Crippen LogP contribution in [0.25, 0.3) is 0 Å². The highest BCUT2D eigenvalue weighted by Gasteiger charge is 2.85. The lowest BCUT2D eigenvalue weighted by Crippen LogP contribution is -2.29. The third kappa shape index (κ3) is 1.51. The molecule has 1 aliphatic carbocycles. The number of primary amides is 1. The van der Waals surface area contributed by atoms with Crippen LogP contribution in [0.15, 0.2) is 35.4 Å². The molecule has 7 nitrogen and oxygen atoms in total. The largest absolute Gasteiger partial charge is 0.368 e. The average Bonchev–Trinajstić information content (AvgIpc) is 3.13. The van der Waals surface area contributed by atoms with E-state index < -0.39 is 22.7 Å². The van der Waals surface area contributed by atoms with Crippen molar-refractivity contribution in [1.29, 1.82) is 15.8 Å². The maximum Gasteiger partial charge on any atom is 0.241 e. The van der Waals surface area contributed by atoms with Crippen LogP contribution in [0.5, 0.6) is 0 Å². The molecule has 0 heterocycles. The quantitative estimate of drug-likeness (QED) is 0.453. The number of rotatable bonds is 3. The summed E-state index contributed by atoms with van der Waals surface area (Å²) in [7, 11) is 0. The molecule has 1 aromatic carbocycles. The Morgan fingerprint density at radius 3 is 2.05 bits per heavy atom. The molecule has 0 aromatic heterocycles. The molecule has 1 fully saturated rings. The first-order valence-corrected chi connectivity index (χ1v) is 5.92. The Hall–Kier alpha value is -3.37. The number of amides is 1. The molecule has 0 unspecified atom stereocenters. The number of hydrazone groups is 1. The van der Waals surface area contributed by atoms with Gasteiger partial charge in [0.2, 0.25) is 5.91 Å². The van der Waals surface area contributed by atoms with Crippen molar-refractivity contribution in [2.45, 2.75) is 0 Å². The molecule has 0 radical (unpaired) electrons. The second-order valence-corrected chi connectivity index (χ2v) is 4.63. The smallest absolute Gasteiger partial charge is 0.241 e. The molecule has 4 N–H and O–H groups in total. The number of carbonyl (C=O) groups excluding carboxylic acids is 1. The number of nitrogens with zero attached hydrogens (tertiary/aromatic N) is 4. The first-order valence-electron chi connectivity index (χ1n) is 5.92. The number of benzene rings is 1. The Morgan fingerprint density at radius 2 is 1.71 bits per heavy atom. The molecule has 1 amide bonds. The SMILES string of the molecule is N#CC1(C#N)[C@@H](/C(=N\N)c2ccccc2)[C@]1(C#N)C(N)=O. The Labute approximate surface area is 120 Å². The van der Waals surface area contributed by atoms with Crippen molar-refractivity contribution in [3.63, 3.8) is 0 Å². The van der Waals surface area contributed by atoms with Gasteiger partial charge in [-0.25, -0.2) is 0 Å². The van der Waals surface area contributed by atoms with Gasteiger partial charge in [-0.2, -0.15) is 20.9 Å². The van der Waals surface area contributed by atoms with Crippen LogP contribution in [0.1, 0.15) is 5.56 Å². The molecular weight excluding hydrogens is 268 g/mol. The van der Waals surface area contributed by atoms with Gasteiger partial charge >= 0.3 is 0 Å². The van der Waals surface area contributed by atoms with Crippen molar-refractivity contribution in [3.8, 4) is 18.2 Å². The molecular formula is C14H10N6O. The molecule has 102 valence electrons. The lowest BCUT2D eigenvalue weighted by Gasteiger charge is -2.05. The fourth-order valence-corrected chi connectivity index (χ4v) is 2.68. The highest BCUT2D eigenvalue weighted by Crippen LogP contribution is 2.69. The highest BCUT2D eigenvalue weighted by molar-refractivity contribution is 6.12. The predicted molar refractivity (Wildman–Crippen MR) is 71.6 cm³/mol. The van der Waals surface area contributed by atoms with Gasteiger partial charge in [-0.1, -0.05) is 30.3 Å². The molecule has 7 heteroatoms. The van der Waals surface area contributed by atoms with Gasteiger partial charge in [0, 0.05) is 0 Å². The second kappa shape index (κ2) is 4.63. The van der Waals surface area contributed by atoms with Crippen molar-refractivity contribution >= 4 is 11.6 Å². The van der Waals surface area contributed by atoms with E-state index >= 15 is 0 Å². The maximum absolute atomic E-state index is 11.7. The van der Waals surface area contributed by atoms with E-state index in [-0.39, 0.29) is 5.71 Å². The zero-order valence-electron chi connectivity index (χ0n) is 10.8. The van der Waals surface area contributed by atoms with Gasteiger partial charge in [-0.15, -0.1) is 0 Å². The van der Waals surface area contributed by atoms with Crippen LogP contribution in [-0.4, -0.2) is 11.6 Å². The minimum Gasteiger partial charge on any atom is -0.368 e. The Bertz CT molecular complexity index is 734. The molecule has 2 rings (SSSR count). The van der Waals surface area contributed by atoms with Crippen LogP contribution in [-0.2, 0) is 4.79 Å². The Morgan fingerprint density at radius 1 is 1.14 bits per heavy atom. The van der Waals surface area contributed by atoms with Crippen molar-refractivity contribution in [1.82, 2.24) is 0 Å². The molecule has 0 saturated heterocycles. The molecule has 1 aromatic rings. The summed E-state index contributed by atoms with van der Waals surface area (Å²) in [6.45, 7) is 0. The van der Waals surface area contributed by atoms with E-state index in [1.807, 2.05) is 0 Å². The fourth-order valence-electron chi connectivity index (χ4n) is 2.68. The Balaban J connectivity index is 2.64. The third-order valence-corrected chi connectivity index (χ3v) is 3.80. The van der Waals surface area contributed by atoms with Crippen molar-refractivity contribution in [2.75, 3.05) is 0 Å². The van der Waals surface area contributed by atoms with Crippen LogP contribution in [0.4, 0.5) is 0 Å². The molecule has 1 aliphatic rings. The minimum atomic E-state index is -1.94. The molecule has 21 heavy (non-hydrogen) atoms. The number of carbonyl (C=O) groups is 1. The molecule has 0 bridgehead atoms. The summed E-state index contributed by atoms with van der Waals surface area (Å²) in [6, 6.07) is 13.7. The predicted octanol–water partition coefficient (Wildman–Crippen LogP) is 0.00804. The molecule has 1 saturated carbocycles. The first-order chi connectivity index (χ1) is 10.1. The zero-order chi connectivity index (χ0) is 15.7. The summed E-state index contributed by atoms with van der Waals surface area (Å²) in [5.74, 6) is 3.25. The van der Waals surface area contributed by atoms with E-state index in [0.29, 0.717) is 5.56 Å². The van der Waals surface area contributed by atoms with Crippen LogP contribution in [0.3, 0.4) is 0 Å². The number of nitrogens with two attached hydrogens (primary N) is 2. The molecule has 2 atom stereocenters. The summed E-state index contributed by atoms with van der Waals surface area (Å²) >= 11 is 0. The van der Waals surface area contributed by atoms with Gasteiger partial charge in [-0.3, -0.25) is 4.79 Å².